The van der Waals surface area contributed by atoms with Crippen molar-refractivity contribution < 1.29 is 18.4 Å². The van der Waals surface area contributed by atoms with Crippen molar-refractivity contribution in [3.05, 3.63) is 71.8 Å². The largest absolute Gasteiger partial charge is 0.397 e. The Morgan fingerprint density at radius 2 is 1.13 bits per heavy atom. The van der Waals surface area contributed by atoms with Gasteiger partial charge in [0.25, 0.3) is 0 Å². The maximum atomic E-state index is 13.0. The van der Waals surface area contributed by atoms with Crippen LogP contribution in [0.15, 0.2) is 60.7 Å². The molecule has 0 amide bonds. The van der Waals surface area contributed by atoms with E-state index in [1.165, 1.54) is 14.2 Å². The van der Waals surface area contributed by atoms with Crippen molar-refractivity contribution in [3.8, 4) is 0 Å². The van der Waals surface area contributed by atoms with E-state index in [0.717, 1.165) is 0 Å². The van der Waals surface area contributed by atoms with Gasteiger partial charge in [-0.25, -0.2) is 0 Å². The highest BCUT2D eigenvalue weighted by Gasteiger charge is 2.49. The average molecular weight is 328 g/mol. The molecule has 0 bridgehead atoms. The van der Waals surface area contributed by atoms with Gasteiger partial charge in [0, 0.05) is 25.3 Å². The summed E-state index contributed by atoms with van der Waals surface area (Å²) < 4.78 is 11.0. The molecule has 2 aromatic carbocycles. The molecule has 0 atom stereocenters. The predicted molar refractivity (Wildman–Crippen MR) is 90.9 cm³/mol. The molecule has 120 valence electrons. The van der Waals surface area contributed by atoms with E-state index in [2.05, 4.69) is 0 Å². The molecule has 0 aromatic heterocycles. The molecule has 0 aliphatic rings. The number of benzene rings is 2. The summed E-state index contributed by atoms with van der Waals surface area (Å²) in [6.07, 6.45) is 0. The van der Waals surface area contributed by atoms with Gasteiger partial charge < -0.3 is 8.85 Å². The zero-order chi connectivity index (χ0) is 16.9. The van der Waals surface area contributed by atoms with E-state index in [4.69, 9.17) is 8.85 Å². The van der Waals surface area contributed by atoms with Gasteiger partial charge in [-0.1, -0.05) is 60.7 Å². The number of carbonyl (C=O) groups excluding carboxylic acids is 2. The van der Waals surface area contributed by atoms with Crippen LogP contribution >= 0.6 is 0 Å². The van der Waals surface area contributed by atoms with E-state index in [1.54, 1.807) is 55.1 Å². The molecule has 0 aliphatic carbocycles. The zero-order valence-corrected chi connectivity index (χ0v) is 14.5. The molecular formula is C18H20O4Si. The number of Topliss-reactive ketones (excluding diaryl/α,β-unsaturated/α-hetero) is 2. The van der Waals surface area contributed by atoms with Crippen molar-refractivity contribution in [2.75, 3.05) is 14.2 Å². The molecule has 0 fully saturated rings. The van der Waals surface area contributed by atoms with E-state index in [0.29, 0.717) is 11.1 Å². The number of carbonyl (C=O) groups is 2. The predicted octanol–water partition coefficient (Wildman–Crippen LogP) is 3.49. The smallest absolute Gasteiger partial charge is 0.353 e. The molecule has 5 heteroatoms. The fourth-order valence-electron chi connectivity index (χ4n) is 2.45. The highest BCUT2D eigenvalue weighted by Crippen LogP contribution is 2.31. The average Bonchev–Trinajstić information content (AvgIpc) is 2.62. The van der Waals surface area contributed by atoms with Gasteiger partial charge in [-0.3, -0.25) is 9.59 Å². The summed E-state index contributed by atoms with van der Waals surface area (Å²) in [5.74, 6) is -0.533. The van der Waals surface area contributed by atoms with E-state index < -0.39 is 14.1 Å². The van der Waals surface area contributed by atoms with Crippen molar-refractivity contribution >= 4 is 20.1 Å². The van der Waals surface area contributed by atoms with Gasteiger partial charge in [0.2, 0.25) is 0 Å². The Hall–Kier alpha value is -2.08. The first-order valence-electron chi connectivity index (χ1n) is 7.32. The molecule has 0 unspecified atom stereocenters. The van der Waals surface area contributed by atoms with Gasteiger partial charge in [-0.05, 0) is 6.55 Å². The van der Waals surface area contributed by atoms with Crippen LogP contribution in [0.2, 0.25) is 12.1 Å². The molecule has 0 aliphatic heterocycles. The SMILES string of the molecule is CO[Si](C)(OC)C(C(=O)c1ccccc1)C(=O)c1ccccc1. The van der Waals surface area contributed by atoms with Crippen LogP contribution < -0.4 is 0 Å². The summed E-state index contributed by atoms with van der Waals surface area (Å²) in [7, 11) is -0.0468. The lowest BCUT2D eigenvalue weighted by atomic mass is 10.0. The van der Waals surface area contributed by atoms with Gasteiger partial charge in [0.05, 0.1) is 0 Å². The molecule has 23 heavy (non-hydrogen) atoms. The summed E-state index contributed by atoms with van der Waals surface area (Å²) in [5.41, 5.74) is 0.00603. The Labute approximate surface area is 137 Å². The first-order valence-corrected chi connectivity index (χ1v) is 9.71. The fourth-order valence-corrected chi connectivity index (χ4v) is 4.38. The summed E-state index contributed by atoms with van der Waals surface area (Å²) in [5, 5.41) is 0. The summed E-state index contributed by atoms with van der Waals surface area (Å²) in [6, 6.07) is 17.6. The molecular weight excluding hydrogens is 308 g/mol. The highest BCUT2D eigenvalue weighted by molar-refractivity contribution is 6.76. The number of rotatable bonds is 7. The third kappa shape index (κ3) is 3.64. The lowest BCUT2D eigenvalue weighted by molar-refractivity contribution is 0.0858. The second kappa shape index (κ2) is 7.46. The van der Waals surface area contributed by atoms with E-state index in [9.17, 15) is 9.59 Å². The second-order valence-corrected chi connectivity index (χ2v) is 8.74. The molecule has 0 saturated heterocycles. The monoisotopic (exact) mass is 328 g/mol. The zero-order valence-electron chi connectivity index (χ0n) is 13.5. The van der Waals surface area contributed by atoms with Crippen molar-refractivity contribution in [3.63, 3.8) is 0 Å². The molecule has 0 N–H and O–H groups in total. The van der Waals surface area contributed by atoms with Crippen LogP contribution in [0.4, 0.5) is 0 Å². The summed E-state index contributed by atoms with van der Waals surface area (Å²) >= 11 is 0. The third-order valence-corrected chi connectivity index (χ3v) is 7.17. The lowest BCUT2D eigenvalue weighted by Crippen LogP contribution is -2.48. The normalized spacial score (nSPS) is 11.5. The van der Waals surface area contributed by atoms with Gasteiger partial charge in [0.15, 0.2) is 11.6 Å². The minimum atomic E-state index is -3.02. The lowest BCUT2D eigenvalue weighted by Gasteiger charge is -2.30. The second-order valence-electron chi connectivity index (χ2n) is 5.32. The fraction of sp³-hybridized carbons (Fsp3) is 0.222. The Balaban J connectivity index is 2.48. The maximum absolute atomic E-state index is 13.0. The van der Waals surface area contributed by atoms with Crippen molar-refractivity contribution in [2.24, 2.45) is 0 Å². The number of ketones is 2. The van der Waals surface area contributed by atoms with Crippen LogP contribution in [-0.4, -0.2) is 34.3 Å². The van der Waals surface area contributed by atoms with Gasteiger partial charge in [0.1, 0.15) is 5.54 Å². The van der Waals surface area contributed by atoms with Crippen molar-refractivity contribution in [1.82, 2.24) is 0 Å². The van der Waals surface area contributed by atoms with Crippen LogP contribution in [0.25, 0.3) is 0 Å². The van der Waals surface area contributed by atoms with Crippen molar-refractivity contribution in [2.45, 2.75) is 12.1 Å². The Bertz CT molecular complexity index is 614. The van der Waals surface area contributed by atoms with Gasteiger partial charge >= 0.3 is 8.56 Å². The Morgan fingerprint density at radius 3 is 1.43 bits per heavy atom. The highest BCUT2D eigenvalue weighted by atomic mass is 28.4. The van der Waals surface area contributed by atoms with Crippen molar-refractivity contribution in [1.29, 1.82) is 0 Å². The van der Waals surface area contributed by atoms with Crippen LogP contribution in [-0.2, 0) is 8.85 Å². The van der Waals surface area contributed by atoms with E-state index in [-0.39, 0.29) is 11.6 Å². The molecule has 4 nitrogen and oxygen atoms in total. The summed E-state index contributed by atoms with van der Waals surface area (Å²) in [6.45, 7) is 1.74. The quantitative estimate of drug-likeness (QED) is 0.443. The minimum Gasteiger partial charge on any atom is -0.397 e. The Morgan fingerprint density at radius 1 is 0.783 bits per heavy atom. The van der Waals surface area contributed by atoms with Gasteiger partial charge in [-0.2, -0.15) is 0 Å². The summed E-state index contributed by atoms with van der Waals surface area (Å²) in [4.78, 5) is 26.0. The molecule has 0 spiro atoms. The van der Waals surface area contributed by atoms with Crippen LogP contribution in [0, 0.1) is 0 Å². The van der Waals surface area contributed by atoms with E-state index in [1.807, 2.05) is 12.1 Å². The number of hydrogen-bond acceptors (Lipinski definition) is 4. The topological polar surface area (TPSA) is 52.6 Å². The minimum absolute atomic E-state index is 0.266. The van der Waals surface area contributed by atoms with E-state index >= 15 is 0 Å². The van der Waals surface area contributed by atoms with Gasteiger partial charge in [-0.15, -0.1) is 0 Å². The molecule has 0 heterocycles. The third-order valence-electron chi connectivity index (χ3n) is 3.98. The van der Waals surface area contributed by atoms with Crippen LogP contribution in [0.5, 0.6) is 0 Å². The molecule has 2 rings (SSSR count). The molecule has 0 saturated carbocycles. The Kier molecular flexibility index (Phi) is 5.60. The van der Waals surface area contributed by atoms with Crippen LogP contribution in [0.3, 0.4) is 0 Å². The maximum Gasteiger partial charge on any atom is 0.353 e. The first kappa shape index (κ1) is 17.3. The molecule has 2 aromatic rings. The molecule has 0 radical (unpaired) electrons. The number of hydrogen-bond donors (Lipinski definition) is 0. The standard InChI is InChI=1S/C18H20O4Si/c1-21-23(3,22-2)18(16(19)14-10-6-4-7-11-14)17(20)15-12-8-5-9-13-15/h4-13,18H,1-3H3. The first-order chi connectivity index (χ1) is 11.0. The van der Waals surface area contributed by atoms with Crippen LogP contribution in [0.1, 0.15) is 20.7 Å².